The highest BCUT2D eigenvalue weighted by molar-refractivity contribution is 5.49. The maximum Gasteiger partial charge on any atom is 0.134 e. The van der Waals surface area contributed by atoms with Crippen molar-refractivity contribution >= 4 is 5.82 Å². The zero-order valence-electron chi connectivity index (χ0n) is 10.8. The molecule has 2 heterocycles. The molecular formula is C13H20N2O3. The van der Waals surface area contributed by atoms with Gasteiger partial charge in [-0.1, -0.05) is 6.07 Å². The summed E-state index contributed by atoms with van der Waals surface area (Å²) in [6, 6.07) is 3.88. The first-order valence-corrected chi connectivity index (χ1v) is 6.25. The molecule has 1 aromatic rings. The molecular weight excluding hydrogens is 232 g/mol. The molecule has 1 saturated heterocycles. The van der Waals surface area contributed by atoms with Crippen LogP contribution in [0.4, 0.5) is 5.82 Å². The molecule has 100 valence electrons. The van der Waals surface area contributed by atoms with Crippen molar-refractivity contribution in [3.05, 3.63) is 23.9 Å². The number of rotatable bonds is 3. The number of ether oxygens (including phenoxy) is 1. The number of aromatic nitrogens is 1. The third kappa shape index (κ3) is 2.63. The Morgan fingerprint density at radius 3 is 3.06 bits per heavy atom. The van der Waals surface area contributed by atoms with Gasteiger partial charge in [0.05, 0.1) is 31.5 Å². The van der Waals surface area contributed by atoms with Crippen molar-refractivity contribution in [2.45, 2.75) is 32.1 Å². The summed E-state index contributed by atoms with van der Waals surface area (Å²) in [4.78, 5) is 6.46. The normalized spacial score (nSPS) is 26.1. The number of aliphatic hydroxyl groups excluding tert-OH is 2. The lowest BCUT2D eigenvalue weighted by Gasteiger charge is -2.39. The van der Waals surface area contributed by atoms with Gasteiger partial charge < -0.3 is 19.8 Å². The molecule has 0 amide bonds. The molecule has 1 aromatic heterocycles. The fourth-order valence-corrected chi connectivity index (χ4v) is 2.20. The number of anilines is 1. The highest BCUT2D eigenvalue weighted by atomic mass is 16.5. The van der Waals surface area contributed by atoms with Crippen molar-refractivity contribution in [1.82, 2.24) is 4.98 Å². The van der Waals surface area contributed by atoms with Crippen LogP contribution in [0.25, 0.3) is 0 Å². The van der Waals surface area contributed by atoms with Gasteiger partial charge in [-0.3, -0.25) is 0 Å². The average molecular weight is 252 g/mol. The minimum atomic E-state index is -0.559. The Balaban J connectivity index is 2.28. The van der Waals surface area contributed by atoms with Crippen LogP contribution in [0.15, 0.2) is 18.3 Å². The molecule has 5 nitrogen and oxygen atoms in total. The second kappa shape index (κ2) is 5.65. The molecule has 0 saturated carbocycles. The zero-order valence-corrected chi connectivity index (χ0v) is 10.8. The monoisotopic (exact) mass is 252 g/mol. The largest absolute Gasteiger partial charge is 0.394 e. The van der Waals surface area contributed by atoms with Crippen molar-refractivity contribution in [1.29, 1.82) is 0 Å². The van der Waals surface area contributed by atoms with E-state index in [9.17, 15) is 10.2 Å². The predicted octanol–water partition coefficient (Wildman–Crippen LogP) is 0.721. The lowest BCUT2D eigenvalue weighted by Crippen LogP contribution is -2.50. The lowest BCUT2D eigenvalue weighted by molar-refractivity contribution is -0.0107. The molecule has 0 radical (unpaired) electrons. The maximum atomic E-state index is 9.80. The maximum absolute atomic E-state index is 9.80. The standard InChI is InChI=1S/C13H20N2O3/c1-9-8-18-11(7-16)6-15(9)13-12(10(2)17)4-3-5-14-13/h3-5,9-11,16-17H,6-8H2,1-2H3/t9?,10-,11?/m0/s1. The van der Waals surface area contributed by atoms with Crippen molar-refractivity contribution in [2.75, 3.05) is 24.7 Å². The van der Waals surface area contributed by atoms with Crippen molar-refractivity contribution < 1.29 is 14.9 Å². The van der Waals surface area contributed by atoms with E-state index < -0.39 is 6.10 Å². The van der Waals surface area contributed by atoms with Crippen LogP contribution in [0.2, 0.25) is 0 Å². The number of morpholine rings is 1. The van der Waals surface area contributed by atoms with Gasteiger partial charge in [0.1, 0.15) is 5.82 Å². The van der Waals surface area contributed by atoms with Crippen LogP contribution in [0.1, 0.15) is 25.5 Å². The Bertz CT molecular complexity index is 398. The quantitative estimate of drug-likeness (QED) is 0.830. The highest BCUT2D eigenvalue weighted by Gasteiger charge is 2.28. The Morgan fingerprint density at radius 1 is 1.61 bits per heavy atom. The Labute approximate surface area is 107 Å². The Kier molecular flexibility index (Phi) is 4.16. The van der Waals surface area contributed by atoms with Gasteiger partial charge in [-0.05, 0) is 19.9 Å². The number of hydrogen-bond donors (Lipinski definition) is 2. The molecule has 5 heteroatoms. The van der Waals surface area contributed by atoms with E-state index in [1.54, 1.807) is 13.1 Å². The molecule has 2 rings (SSSR count). The second-order valence-electron chi connectivity index (χ2n) is 4.73. The average Bonchev–Trinajstić information content (AvgIpc) is 2.39. The van der Waals surface area contributed by atoms with Gasteiger partial charge in [0.15, 0.2) is 0 Å². The molecule has 1 aliphatic rings. The van der Waals surface area contributed by atoms with Gasteiger partial charge in [0, 0.05) is 18.3 Å². The molecule has 1 fully saturated rings. The van der Waals surface area contributed by atoms with E-state index >= 15 is 0 Å². The van der Waals surface area contributed by atoms with Gasteiger partial charge in [0.2, 0.25) is 0 Å². The summed E-state index contributed by atoms with van der Waals surface area (Å²) in [6.07, 6.45) is 0.971. The van der Waals surface area contributed by atoms with Gasteiger partial charge in [-0.15, -0.1) is 0 Å². The smallest absolute Gasteiger partial charge is 0.134 e. The first kappa shape index (κ1) is 13.3. The molecule has 0 bridgehead atoms. The molecule has 18 heavy (non-hydrogen) atoms. The lowest BCUT2D eigenvalue weighted by atomic mass is 10.1. The van der Waals surface area contributed by atoms with E-state index in [-0.39, 0.29) is 18.8 Å². The van der Waals surface area contributed by atoms with Gasteiger partial charge in [0.25, 0.3) is 0 Å². The molecule has 0 aliphatic carbocycles. The van der Waals surface area contributed by atoms with Crippen LogP contribution < -0.4 is 4.90 Å². The van der Waals surface area contributed by atoms with Crippen molar-refractivity contribution in [2.24, 2.45) is 0 Å². The van der Waals surface area contributed by atoms with Crippen LogP contribution in [-0.2, 0) is 4.74 Å². The van der Waals surface area contributed by atoms with Gasteiger partial charge >= 0.3 is 0 Å². The van der Waals surface area contributed by atoms with Crippen LogP contribution in [0.3, 0.4) is 0 Å². The first-order valence-electron chi connectivity index (χ1n) is 6.25. The Hall–Kier alpha value is -1.17. The third-order valence-corrected chi connectivity index (χ3v) is 3.25. The zero-order chi connectivity index (χ0) is 13.1. The minimum absolute atomic E-state index is 0.0000650. The highest BCUT2D eigenvalue weighted by Crippen LogP contribution is 2.27. The topological polar surface area (TPSA) is 65.8 Å². The summed E-state index contributed by atoms with van der Waals surface area (Å²) in [5.41, 5.74) is 0.808. The number of pyridine rings is 1. The van der Waals surface area contributed by atoms with Crippen molar-refractivity contribution in [3.63, 3.8) is 0 Å². The number of hydrogen-bond acceptors (Lipinski definition) is 5. The van der Waals surface area contributed by atoms with E-state index in [4.69, 9.17) is 4.74 Å². The van der Waals surface area contributed by atoms with Gasteiger partial charge in [-0.25, -0.2) is 4.98 Å². The van der Waals surface area contributed by atoms with Crippen LogP contribution in [0.5, 0.6) is 0 Å². The summed E-state index contributed by atoms with van der Waals surface area (Å²) < 4.78 is 5.51. The Morgan fingerprint density at radius 2 is 2.39 bits per heavy atom. The van der Waals surface area contributed by atoms with Crippen molar-refractivity contribution in [3.8, 4) is 0 Å². The fraction of sp³-hybridized carbons (Fsp3) is 0.615. The van der Waals surface area contributed by atoms with Gasteiger partial charge in [-0.2, -0.15) is 0 Å². The molecule has 1 aliphatic heterocycles. The van der Waals surface area contributed by atoms with Crippen LogP contribution in [0, 0.1) is 0 Å². The summed E-state index contributed by atoms with van der Waals surface area (Å²) in [6.45, 7) is 4.93. The number of nitrogens with zero attached hydrogens (tertiary/aromatic N) is 2. The van der Waals surface area contributed by atoms with E-state index in [2.05, 4.69) is 9.88 Å². The molecule has 0 spiro atoms. The van der Waals surface area contributed by atoms with E-state index in [1.807, 2.05) is 19.1 Å². The van der Waals surface area contributed by atoms with Crippen LogP contribution >= 0.6 is 0 Å². The summed E-state index contributed by atoms with van der Waals surface area (Å²) in [7, 11) is 0. The third-order valence-electron chi connectivity index (χ3n) is 3.25. The molecule has 2 N–H and O–H groups in total. The summed E-state index contributed by atoms with van der Waals surface area (Å²) in [5, 5.41) is 19.0. The first-order chi connectivity index (χ1) is 8.63. The van der Waals surface area contributed by atoms with Crippen LogP contribution in [-0.4, -0.2) is 47.1 Å². The summed E-state index contributed by atoms with van der Waals surface area (Å²) >= 11 is 0. The van der Waals surface area contributed by atoms with E-state index in [1.165, 1.54) is 0 Å². The molecule has 2 unspecified atom stereocenters. The fourth-order valence-electron chi connectivity index (χ4n) is 2.20. The second-order valence-corrected chi connectivity index (χ2v) is 4.73. The van der Waals surface area contributed by atoms with E-state index in [0.717, 1.165) is 11.4 Å². The molecule has 3 atom stereocenters. The minimum Gasteiger partial charge on any atom is -0.394 e. The van der Waals surface area contributed by atoms with E-state index in [0.29, 0.717) is 13.2 Å². The SMILES string of the molecule is CC1COC(CO)CN1c1ncccc1[C@H](C)O. The molecule has 0 aromatic carbocycles. The summed E-state index contributed by atoms with van der Waals surface area (Å²) in [5.74, 6) is 0.779. The number of aliphatic hydroxyl groups is 2. The predicted molar refractivity (Wildman–Crippen MR) is 68.5 cm³/mol.